The van der Waals surface area contributed by atoms with E-state index in [1.54, 1.807) is 30.5 Å². The third-order valence-electron chi connectivity index (χ3n) is 5.09. The lowest BCUT2D eigenvalue weighted by Gasteiger charge is -2.08. The van der Waals surface area contributed by atoms with Gasteiger partial charge in [0.2, 0.25) is 0 Å². The average molecular weight is 408 g/mol. The molecule has 0 atom stereocenters. The molecule has 30 heavy (non-hydrogen) atoms. The maximum absolute atomic E-state index is 12.5. The number of unbranched alkanes of at least 4 members (excludes halogenated alkanes) is 5. The van der Waals surface area contributed by atoms with Crippen LogP contribution in [0, 0.1) is 0 Å². The number of hydrogen-bond acceptors (Lipinski definition) is 4. The maximum Gasteiger partial charge on any atom is 0.418 e. The third kappa shape index (κ3) is 5.72. The first-order chi connectivity index (χ1) is 14.7. The number of ether oxygens (including phenoxy) is 2. The third-order valence-corrected chi connectivity index (χ3v) is 5.09. The molecule has 0 spiro atoms. The molecule has 0 saturated heterocycles. The monoisotopic (exact) mass is 407 g/mol. The zero-order valence-corrected chi connectivity index (χ0v) is 17.5. The quantitative estimate of drug-likeness (QED) is 0.290. The van der Waals surface area contributed by atoms with Crippen molar-refractivity contribution in [2.45, 2.75) is 52.1 Å². The van der Waals surface area contributed by atoms with Gasteiger partial charge in [0.25, 0.3) is 0 Å². The Balaban J connectivity index is 1.59. The van der Waals surface area contributed by atoms with Crippen LogP contribution in [0.15, 0.2) is 60.8 Å². The predicted octanol–water partition coefficient (Wildman–Crippen LogP) is 6.34. The van der Waals surface area contributed by atoms with E-state index in [-0.39, 0.29) is 12.6 Å². The van der Waals surface area contributed by atoms with E-state index in [1.807, 2.05) is 30.3 Å². The van der Waals surface area contributed by atoms with E-state index in [4.69, 9.17) is 9.47 Å². The van der Waals surface area contributed by atoms with E-state index in [0.717, 1.165) is 18.4 Å². The molecule has 1 aromatic heterocycles. The fraction of sp³-hybridized carbons (Fsp3) is 0.360. The normalized spacial score (nSPS) is 10.8. The summed E-state index contributed by atoms with van der Waals surface area (Å²) in [4.78, 5) is 25.1. The summed E-state index contributed by atoms with van der Waals surface area (Å²) in [5.74, 6) is -0.357. The van der Waals surface area contributed by atoms with Gasteiger partial charge in [-0.3, -0.25) is 4.57 Å². The standard InChI is InChI=1S/C25H29NO4/c1-2-3-4-5-6-10-18-29-24(27)22-14-11-15-23-21(22)16-17-26(23)25(28)30-19-20-12-8-7-9-13-20/h7-9,11-17H,2-6,10,18-19H2,1H3. The number of rotatable bonds is 10. The van der Waals surface area contributed by atoms with E-state index in [2.05, 4.69) is 6.92 Å². The van der Waals surface area contributed by atoms with Crippen molar-refractivity contribution in [2.75, 3.05) is 6.61 Å². The summed E-state index contributed by atoms with van der Waals surface area (Å²) in [6.45, 7) is 2.80. The van der Waals surface area contributed by atoms with E-state index >= 15 is 0 Å². The highest BCUT2D eigenvalue weighted by atomic mass is 16.5. The van der Waals surface area contributed by atoms with Gasteiger partial charge in [0.15, 0.2) is 0 Å². The molecule has 3 aromatic rings. The lowest BCUT2D eigenvalue weighted by molar-refractivity contribution is 0.0500. The van der Waals surface area contributed by atoms with Crippen molar-refractivity contribution in [3.63, 3.8) is 0 Å². The van der Waals surface area contributed by atoms with Gasteiger partial charge in [-0.2, -0.15) is 0 Å². The molecule has 2 aromatic carbocycles. The molecular weight excluding hydrogens is 378 g/mol. The molecule has 5 nitrogen and oxygen atoms in total. The molecule has 3 rings (SSSR count). The molecule has 0 N–H and O–H groups in total. The van der Waals surface area contributed by atoms with Gasteiger partial charge in [-0.25, -0.2) is 9.59 Å². The number of carbonyl (C=O) groups excluding carboxylic acids is 2. The molecule has 5 heteroatoms. The van der Waals surface area contributed by atoms with Crippen molar-refractivity contribution in [3.05, 3.63) is 71.9 Å². The molecule has 1 heterocycles. The minimum atomic E-state index is -0.480. The molecule has 0 unspecified atom stereocenters. The topological polar surface area (TPSA) is 57.5 Å². The zero-order valence-electron chi connectivity index (χ0n) is 17.5. The molecule has 0 bridgehead atoms. The molecule has 0 aliphatic carbocycles. The highest BCUT2D eigenvalue weighted by Gasteiger charge is 2.16. The van der Waals surface area contributed by atoms with Gasteiger partial charge in [-0.15, -0.1) is 0 Å². The highest BCUT2D eigenvalue weighted by molar-refractivity contribution is 6.05. The summed E-state index contributed by atoms with van der Waals surface area (Å²) in [7, 11) is 0. The van der Waals surface area contributed by atoms with Gasteiger partial charge in [0.1, 0.15) is 6.61 Å². The summed E-state index contributed by atoms with van der Waals surface area (Å²) in [6.07, 6.45) is 7.98. The van der Waals surface area contributed by atoms with Crippen LogP contribution >= 0.6 is 0 Å². The van der Waals surface area contributed by atoms with Crippen molar-refractivity contribution >= 4 is 23.0 Å². The average Bonchev–Trinajstić information content (AvgIpc) is 3.22. The molecule has 0 fully saturated rings. The summed E-state index contributed by atoms with van der Waals surface area (Å²) in [5.41, 5.74) is 2.01. The molecule has 158 valence electrons. The molecule has 0 radical (unpaired) electrons. The lowest BCUT2D eigenvalue weighted by Crippen LogP contribution is -2.12. The van der Waals surface area contributed by atoms with Crippen molar-refractivity contribution in [2.24, 2.45) is 0 Å². The SMILES string of the molecule is CCCCCCCCOC(=O)c1cccc2c1ccn2C(=O)OCc1ccccc1. The maximum atomic E-state index is 12.5. The molecular formula is C25H29NO4. The van der Waals surface area contributed by atoms with Crippen LogP contribution in [0.5, 0.6) is 0 Å². The smallest absolute Gasteiger partial charge is 0.418 e. The lowest BCUT2D eigenvalue weighted by atomic mass is 10.1. The van der Waals surface area contributed by atoms with Crippen molar-refractivity contribution in [3.8, 4) is 0 Å². The number of fused-ring (bicyclic) bond motifs is 1. The Bertz CT molecular complexity index is 962. The van der Waals surface area contributed by atoms with E-state index in [1.165, 1.54) is 30.3 Å². The number of carbonyl (C=O) groups is 2. The Labute approximate surface area is 177 Å². The number of hydrogen-bond donors (Lipinski definition) is 0. The van der Waals surface area contributed by atoms with Gasteiger partial charge in [0, 0.05) is 11.6 Å². The minimum Gasteiger partial charge on any atom is -0.462 e. The zero-order chi connectivity index (χ0) is 21.2. The Morgan fingerprint density at radius 2 is 1.60 bits per heavy atom. The van der Waals surface area contributed by atoms with Crippen LogP contribution in [-0.2, 0) is 16.1 Å². The fourth-order valence-electron chi connectivity index (χ4n) is 3.42. The van der Waals surface area contributed by atoms with Crippen LogP contribution in [0.3, 0.4) is 0 Å². The number of esters is 1. The second-order valence-corrected chi connectivity index (χ2v) is 7.37. The Morgan fingerprint density at radius 1 is 0.833 bits per heavy atom. The predicted molar refractivity (Wildman–Crippen MR) is 118 cm³/mol. The van der Waals surface area contributed by atoms with Crippen LogP contribution in [0.25, 0.3) is 10.9 Å². The van der Waals surface area contributed by atoms with Crippen LogP contribution in [-0.4, -0.2) is 23.2 Å². The van der Waals surface area contributed by atoms with Gasteiger partial charge >= 0.3 is 12.1 Å². The second kappa shape index (κ2) is 11.2. The van der Waals surface area contributed by atoms with Gasteiger partial charge < -0.3 is 9.47 Å². The highest BCUT2D eigenvalue weighted by Crippen LogP contribution is 2.22. The molecule has 0 amide bonds. The first-order valence-electron chi connectivity index (χ1n) is 10.7. The van der Waals surface area contributed by atoms with Crippen LogP contribution < -0.4 is 0 Å². The van der Waals surface area contributed by atoms with E-state index in [0.29, 0.717) is 23.1 Å². The van der Waals surface area contributed by atoms with Gasteiger partial charge in [0.05, 0.1) is 17.7 Å². The first-order valence-corrected chi connectivity index (χ1v) is 10.7. The Hall–Kier alpha value is -3.08. The Morgan fingerprint density at radius 3 is 2.40 bits per heavy atom. The van der Waals surface area contributed by atoms with Gasteiger partial charge in [-0.05, 0) is 30.2 Å². The molecule has 0 aliphatic heterocycles. The Kier molecular flexibility index (Phi) is 8.07. The van der Waals surface area contributed by atoms with Crippen LogP contribution in [0.1, 0.15) is 61.4 Å². The van der Waals surface area contributed by atoms with Crippen LogP contribution in [0.2, 0.25) is 0 Å². The van der Waals surface area contributed by atoms with Crippen molar-refractivity contribution < 1.29 is 19.1 Å². The largest absolute Gasteiger partial charge is 0.462 e. The minimum absolute atomic E-state index is 0.194. The molecule has 0 saturated carbocycles. The first kappa shape index (κ1) is 21.6. The number of aromatic nitrogens is 1. The van der Waals surface area contributed by atoms with Gasteiger partial charge in [-0.1, -0.05) is 75.4 Å². The van der Waals surface area contributed by atoms with Crippen molar-refractivity contribution in [1.29, 1.82) is 0 Å². The van der Waals surface area contributed by atoms with Crippen molar-refractivity contribution in [1.82, 2.24) is 4.57 Å². The van der Waals surface area contributed by atoms with E-state index in [9.17, 15) is 9.59 Å². The summed E-state index contributed by atoms with van der Waals surface area (Å²) >= 11 is 0. The summed E-state index contributed by atoms with van der Waals surface area (Å²) < 4.78 is 12.3. The molecule has 0 aliphatic rings. The van der Waals surface area contributed by atoms with E-state index < -0.39 is 6.09 Å². The fourth-order valence-corrected chi connectivity index (χ4v) is 3.42. The number of nitrogens with zero attached hydrogens (tertiary/aromatic N) is 1. The van der Waals surface area contributed by atoms with Crippen LogP contribution in [0.4, 0.5) is 4.79 Å². The second-order valence-electron chi connectivity index (χ2n) is 7.37. The number of benzene rings is 2. The summed E-state index contributed by atoms with van der Waals surface area (Å²) in [6, 6.07) is 16.5. The summed E-state index contributed by atoms with van der Waals surface area (Å²) in [5, 5.41) is 0.683.